The van der Waals surface area contributed by atoms with Gasteiger partial charge in [0, 0.05) is 93.4 Å². The summed E-state index contributed by atoms with van der Waals surface area (Å²) < 4.78 is 31.5. The Morgan fingerprint density at radius 1 is 1.02 bits per heavy atom. The second kappa shape index (κ2) is 14.2. The highest BCUT2D eigenvalue weighted by Gasteiger charge is 2.52. The van der Waals surface area contributed by atoms with E-state index in [1.165, 1.54) is 20.0 Å². The molecule has 2 aliphatic heterocycles. The molecular formula is C38H43F2N9O4. The molecule has 0 bridgehead atoms. The van der Waals surface area contributed by atoms with Gasteiger partial charge in [-0.3, -0.25) is 24.2 Å². The highest BCUT2D eigenvalue weighted by molar-refractivity contribution is 6.04. The molecule has 3 N–H and O–H groups in total. The lowest BCUT2D eigenvalue weighted by Gasteiger charge is -2.48. The van der Waals surface area contributed by atoms with E-state index in [0.717, 1.165) is 23.2 Å². The normalized spacial score (nSPS) is 19.0. The zero-order valence-electron chi connectivity index (χ0n) is 29.9. The van der Waals surface area contributed by atoms with Crippen LogP contribution in [0.1, 0.15) is 71.5 Å². The van der Waals surface area contributed by atoms with Crippen molar-refractivity contribution in [2.24, 2.45) is 17.3 Å². The molecule has 0 saturated carbocycles. The van der Waals surface area contributed by atoms with Crippen LogP contribution in [0.25, 0.3) is 0 Å². The SMILES string of the molecule is CNC(=O)CCC(C=O)c1ccc(N2CC(C(=O)N3CC(C(c4ccccc4)n4cc(NC(=O)c5n[nH]c6c5CC(F)(F)C(C)(C)C6)cn4)C3)C2)nc1. The average Bonchev–Trinajstić information content (AvgIpc) is 3.72. The lowest BCUT2D eigenvalue weighted by molar-refractivity contribution is -0.143. The first-order chi connectivity index (χ1) is 25.4. The highest BCUT2D eigenvalue weighted by Crippen LogP contribution is 2.46. The molecule has 3 aromatic heterocycles. The van der Waals surface area contributed by atoms with Crippen LogP contribution in [-0.4, -0.2) is 93.0 Å². The topological polar surface area (TPSA) is 158 Å². The molecule has 2 fully saturated rings. The van der Waals surface area contributed by atoms with E-state index >= 15 is 0 Å². The van der Waals surface area contributed by atoms with Gasteiger partial charge in [0.2, 0.25) is 11.8 Å². The van der Waals surface area contributed by atoms with Crippen molar-refractivity contribution in [1.82, 2.24) is 35.2 Å². The average molecular weight is 728 g/mol. The maximum Gasteiger partial charge on any atom is 0.276 e. The van der Waals surface area contributed by atoms with Gasteiger partial charge in [-0.25, -0.2) is 13.8 Å². The number of alkyl halides is 2. The van der Waals surface area contributed by atoms with Crippen LogP contribution in [0.2, 0.25) is 0 Å². The number of likely N-dealkylation sites (tertiary alicyclic amines) is 1. The van der Waals surface area contributed by atoms with E-state index in [0.29, 0.717) is 44.0 Å². The number of halogens is 2. The fourth-order valence-corrected chi connectivity index (χ4v) is 7.50. The number of aromatic amines is 1. The molecule has 1 aliphatic carbocycles. The number of anilines is 2. The van der Waals surface area contributed by atoms with E-state index in [4.69, 9.17) is 0 Å². The zero-order chi connectivity index (χ0) is 37.5. The van der Waals surface area contributed by atoms with E-state index in [2.05, 4.69) is 30.9 Å². The Kier molecular flexibility index (Phi) is 9.60. The Labute approximate surface area is 305 Å². The lowest BCUT2D eigenvalue weighted by Crippen LogP contribution is -2.61. The smallest absolute Gasteiger partial charge is 0.276 e. The van der Waals surface area contributed by atoms with Crippen molar-refractivity contribution in [3.63, 3.8) is 0 Å². The summed E-state index contributed by atoms with van der Waals surface area (Å²) in [6.07, 6.45) is 5.93. The number of aromatic nitrogens is 5. The number of benzene rings is 1. The first-order valence-corrected chi connectivity index (χ1v) is 17.9. The van der Waals surface area contributed by atoms with Gasteiger partial charge in [0.25, 0.3) is 11.8 Å². The molecule has 5 heterocycles. The van der Waals surface area contributed by atoms with Crippen LogP contribution in [0.3, 0.4) is 0 Å². The number of nitrogens with one attached hydrogen (secondary N) is 3. The predicted molar refractivity (Wildman–Crippen MR) is 192 cm³/mol. The Morgan fingerprint density at radius 2 is 1.77 bits per heavy atom. The minimum Gasteiger partial charge on any atom is -0.359 e. The number of aldehydes is 1. The van der Waals surface area contributed by atoms with Crippen molar-refractivity contribution < 1.29 is 28.0 Å². The number of hydrogen-bond donors (Lipinski definition) is 3. The van der Waals surface area contributed by atoms with Gasteiger partial charge in [0.05, 0.1) is 23.8 Å². The molecule has 0 radical (unpaired) electrons. The van der Waals surface area contributed by atoms with Gasteiger partial charge in [-0.15, -0.1) is 0 Å². The number of rotatable bonds is 12. The highest BCUT2D eigenvalue weighted by atomic mass is 19.3. The number of nitrogens with zero attached hydrogens (tertiary/aromatic N) is 6. The second-order valence-corrected chi connectivity index (χ2v) is 15.0. The van der Waals surface area contributed by atoms with Crippen molar-refractivity contribution in [1.29, 1.82) is 0 Å². The van der Waals surface area contributed by atoms with E-state index in [9.17, 15) is 28.0 Å². The summed E-state index contributed by atoms with van der Waals surface area (Å²) in [6.45, 7) is 5.18. The fourth-order valence-electron chi connectivity index (χ4n) is 7.50. The summed E-state index contributed by atoms with van der Waals surface area (Å²) in [5, 5.41) is 16.8. The van der Waals surface area contributed by atoms with E-state index in [1.54, 1.807) is 24.1 Å². The van der Waals surface area contributed by atoms with Gasteiger partial charge in [-0.2, -0.15) is 10.2 Å². The third-order valence-corrected chi connectivity index (χ3v) is 11.0. The van der Waals surface area contributed by atoms with Crippen molar-refractivity contribution in [2.45, 2.75) is 57.4 Å². The molecule has 15 heteroatoms. The van der Waals surface area contributed by atoms with Crippen molar-refractivity contribution in [2.75, 3.05) is 43.4 Å². The molecule has 3 aliphatic rings. The second-order valence-electron chi connectivity index (χ2n) is 15.0. The Balaban J connectivity index is 0.958. The van der Waals surface area contributed by atoms with Gasteiger partial charge >= 0.3 is 0 Å². The molecule has 53 heavy (non-hydrogen) atoms. The fraction of sp³-hybridized carbons (Fsp3) is 0.447. The first kappa shape index (κ1) is 35.9. The summed E-state index contributed by atoms with van der Waals surface area (Å²) in [7, 11) is 1.57. The minimum absolute atomic E-state index is 0.0425. The Bertz CT molecular complexity index is 1980. The van der Waals surface area contributed by atoms with Crippen molar-refractivity contribution in [3.05, 3.63) is 89.1 Å². The first-order valence-electron chi connectivity index (χ1n) is 17.9. The zero-order valence-corrected chi connectivity index (χ0v) is 29.9. The molecule has 2 saturated heterocycles. The molecule has 7 rings (SSSR count). The van der Waals surface area contributed by atoms with E-state index in [1.807, 2.05) is 52.3 Å². The minimum atomic E-state index is -2.98. The molecular weight excluding hydrogens is 684 g/mol. The van der Waals surface area contributed by atoms with Gasteiger partial charge in [-0.1, -0.05) is 50.2 Å². The van der Waals surface area contributed by atoms with Crippen LogP contribution >= 0.6 is 0 Å². The maximum absolute atomic E-state index is 14.9. The molecule has 2 unspecified atom stereocenters. The van der Waals surface area contributed by atoms with Gasteiger partial charge in [0.1, 0.15) is 12.1 Å². The van der Waals surface area contributed by atoms with Gasteiger partial charge in [0.15, 0.2) is 5.69 Å². The lowest BCUT2D eigenvalue weighted by atomic mass is 9.73. The summed E-state index contributed by atoms with van der Waals surface area (Å²) in [4.78, 5) is 58.4. The third kappa shape index (κ3) is 7.03. The van der Waals surface area contributed by atoms with Crippen LogP contribution in [0.4, 0.5) is 20.3 Å². The van der Waals surface area contributed by atoms with E-state index < -0.39 is 29.6 Å². The maximum atomic E-state index is 14.9. The molecule has 13 nitrogen and oxygen atoms in total. The number of carbonyl (C=O) groups is 4. The number of hydrogen-bond acceptors (Lipinski definition) is 8. The number of carbonyl (C=O) groups excluding carboxylic acids is 4. The van der Waals surface area contributed by atoms with Crippen LogP contribution in [-0.2, 0) is 27.2 Å². The molecule has 0 spiro atoms. The number of fused-ring (bicyclic) bond motifs is 1. The summed E-state index contributed by atoms with van der Waals surface area (Å²) >= 11 is 0. The number of H-pyrrole nitrogens is 1. The number of amides is 3. The Hall–Kier alpha value is -5.47. The van der Waals surface area contributed by atoms with Crippen molar-refractivity contribution in [3.8, 4) is 0 Å². The molecule has 1 aromatic carbocycles. The van der Waals surface area contributed by atoms with Gasteiger partial charge in [-0.05, 0) is 23.6 Å². The summed E-state index contributed by atoms with van der Waals surface area (Å²) in [5.41, 5.74) is 1.66. The van der Waals surface area contributed by atoms with Crippen LogP contribution < -0.4 is 15.5 Å². The van der Waals surface area contributed by atoms with Crippen LogP contribution in [0.5, 0.6) is 0 Å². The molecule has 3 amide bonds. The Morgan fingerprint density at radius 3 is 2.45 bits per heavy atom. The third-order valence-electron chi connectivity index (χ3n) is 11.0. The molecule has 2 atom stereocenters. The summed E-state index contributed by atoms with van der Waals surface area (Å²) in [6, 6.07) is 13.3. The van der Waals surface area contributed by atoms with Crippen LogP contribution in [0.15, 0.2) is 61.1 Å². The number of pyridine rings is 1. The quantitative estimate of drug-likeness (QED) is 0.185. The molecule has 4 aromatic rings. The summed E-state index contributed by atoms with van der Waals surface area (Å²) in [5.74, 6) is -3.38. The van der Waals surface area contributed by atoms with Crippen molar-refractivity contribution >= 4 is 35.5 Å². The predicted octanol–water partition coefficient (Wildman–Crippen LogP) is 4.01. The standard InChI is InChI=1S/C38H43F2N9O4/c1-37(2)14-30-29(13-38(37,39)40)33(46-45-30)35(52)44-28-16-43-49(21-28)34(23-7-5-4-6-8-23)26-17-48(18-26)36(53)27-19-47(20-27)31-11-9-24(15-42-31)25(22-50)10-12-32(51)41-3/h4-9,11,15-16,21-22,25-27,34H,10,12-14,17-20H2,1-3H3,(H,41,51)(H,44,52)(H,45,46). The van der Waals surface area contributed by atoms with E-state index in [-0.39, 0.29) is 53.8 Å². The molecule has 278 valence electrons. The largest absolute Gasteiger partial charge is 0.359 e. The van der Waals surface area contributed by atoms with Gasteiger partial charge < -0.3 is 25.2 Å². The monoisotopic (exact) mass is 727 g/mol. The van der Waals surface area contributed by atoms with Crippen LogP contribution in [0, 0.1) is 17.3 Å².